The fourth-order valence-electron chi connectivity index (χ4n) is 1.73. The monoisotopic (exact) mass is 290 g/mol. The molecule has 0 amide bonds. The summed E-state index contributed by atoms with van der Waals surface area (Å²) in [5, 5.41) is 1.28. The van der Waals surface area contributed by atoms with Crippen molar-refractivity contribution in [2.75, 3.05) is 0 Å². The van der Waals surface area contributed by atoms with Crippen molar-refractivity contribution in [2.45, 2.75) is 6.54 Å². The van der Waals surface area contributed by atoms with Gasteiger partial charge in [-0.25, -0.2) is 4.98 Å². The van der Waals surface area contributed by atoms with Crippen LogP contribution in [0.3, 0.4) is 0 Å². The van der Waals surface area contributed by atoms with Crippen molar-refractivity contribution in [3.05, 3.63) is 53.1 Å². The summed E-state index contributed by atoms with van der Waals surface area (Å²) in [6, 6.07) is 13.3. The van der Waals surface area contributed by atoms with Crippen LogP contribution in [0.15, 0.2) is 42.5 Å². The predicted molar refractivity (Wildman–Crippen MR) is 79.0 cm³/mol. The fraction of sp³-hybridized carbons (Fsp3) is 0.0714. The molecule has 0 unspecified atom stereocenters. The van der Waals surface area contributed by atoms with E-state index in [1.807, 2.05) is 42.5 Å². The van der Waals surface area contributed by atoms with Gasteiger partial charge in [0.1, 0.15) is 5.75 Å². The van der Waals surface area contributed by atoms with Gasteiger partial charge in [0, 0.05) is 6.54 Å². The molecule has 1 heterocycles. The molecule has 0 aliphatic carbocycles. The lowest BCUT2D eigenvalue weighted by atomic mass is 10.2. The van der Waals surface area contributed by atoms with Crippen molar-refractivity contribution in [3.8, 4) is 10.9 Å². The van der Waals surface area contributed by atoms with Crippen molar-refractivity contribution in [3.63, 3.8) is 0 Å². The van der Waals surface area contributed by atoms with E-state index in [2.05, 4.69) is 4.98 Å². The standard InChI is InChI=1S/C14H11ClN2OS/c15-11-2-1-3-12-13(11)19-14(17-12)18-10-6-4-9(8-16)5-7-10/h1-7H,8,16H2. The number of rotatable bonds is 3. The fourth-order valence-corrected chi connectivity index (χ4v) is 2.86. The number of nitrogens with zero attached hydrogens (tertiary/aromatic N) is 1. The molecule has 0 bridgehead atoms. The molecule has 19 heavy (non-hydrogen) atoms. The summed E-state index contributed by atoms with van der Waals surface area (Å²) in [5.74, 6) is 0.743. The quantitative estimate of drug-likeness (QED) is 0.786. The molecule has 0 saturated heterocycles. The number of ether oxygens (including phenoxy) is 1. The van der Waals surface area contributed by atoms with E-state index < -0.39 is 0 Å². The van der Waals surface area contributed by atoms with Crippen LogP contribution in [-0.2, 0) is 6.54 Å². The molecular weight excluding hydrogens is 280 g/mol. The Bertz CT molecular complexity index is 709. The molecule has 0 fully saturated rings. The van der Waals surface area contributed by atoms with E-state index in [4.69, 9.17) is 22.1 Å². The zero-order valence-corrected chi connectivity index (χ0v) is 11.5. The molecule has 1 aromatic heterocycles. The van der Waals surface area contributed by atoms with Gasteiger partial charge in [-0.05, 0) is 29.8 Å². The first-order chi connectivity index (χ1) is 9.26. The van der Waals surface area contributed by atoms with Crippen molar-refractivity contribution in [1.82, 2.24) is 4.98 Å². The molecule has 3 aromatic rings. The number of fused-ring (bicyclic) bond motifs is 1. The Morgan fingerprint density at radius 1 is 1.16 bits per heavy atom. The summed E-state index contributed by atoms with van der Waals surface area (Å²) in [6.45, 7) is 0.525. The highest BCUT2D eigenvalue weighted by molar-refractivity contribution is 7.20. The zero-order chi connectivity index (χ0) is 13.2. The minimum absolute atomic E-state index is 0.525. The zero-order valence-electron chi connectivity index (χ0n) is 9.97. The Hall–Kier alpha value is -1.62. The van der Waals surface area contributed by atoms with E-state index in [-0.39, 0.29) is 0 Å². The van der Waals surface area contributed by atoms with Crippen LogP contribution >= 0.6 is 22.9 Å². The van der Waals surface area contributed by atoms with Gasteiger partial charge >= 0.3 is 0 Å². The number of thiazole rings is 1. The lowest BCUT2D eigenvalue weighted by molar-refractivity contribution is 0.480. The normalized spacial score (nSPS) is 10.8. The Labute approximate surface area is 119 Å². The van der Waals surface area contributed by atoms with Gasteiger partial charge in [-0.2, -0.15) is 0 Å². The van der Waals surface area contributed by atoms with Gasteiger partial charge in [-0.15, -0.1) is 0 Å². The van der Waals surface area contributed by atoms with E-state index in [0.717, 1.165) is 21.5 Å². The first-order valence-electron chi connectivity index (χ1n) is 5.78. The number of aromatic nitrogens is 1. The highest BCUT2D eigenvalue weighted by Crippen LogP contribution is 2.35. The van der Waals surface area contributed by atoms with Crippen molar-refractivity contribution in [2.24, 2.45) is 5.73 Å². The number of halogens is 1. The summed E-state index contributed by atoms with van der Waals surface area (Å²) in [4.78, 5) is 4.40. The molecule has 3 nitrogen and oxygen atoms in total. The van der Waals surface area contributed by atoms with Crippen LogP contribution in [-0.4, -0.2) is 4.98 Å². The lowest BCUT2D eigenvalue weighted by Crippen LogP contribution is -1.95. The Kier molecular flexibility index (Phi) is 3.38. The molecule has 5 heteroatoms. The highest BCUT2D eigenvalue weighted by Gasteiger charge is 2.08. The topological polar surface area (TPSA) is 48.1 Å². The summed E-state index contributed by atoms with van der Waals surface area (Å²) in [6.07, 6.45) is 0. The second-order valence-corrected chi connectivity index (χ2v) is 5.39. The van der Waals surface area contributed by atoms with Crippen molar-refractivity contribution < 1.29 is 4.74 Å². The first kappa shape index (κ1) is 12.4. The van der Waals surface area contributed by atoms with E-state index in [9.17, 15) is 0 Å². The summed E-state index contributed by atoms with van der Waals surface area (Å²) in [5.41, 5.74) is 7.48. The van der Waals surface area contributed by atoms with Gasteiger partial charge in [-0.1, -0.05) is 41.1 Å². The van der Waals surface area contributed by atoms with Crippen LogP contribution in [0.5, 0.6) is 10.9 Å². The molecule has 2 aromatic carbocycles. The van der Waals surface area contributed by atoms with Crippen molar-refractivity contribution >= 4 is 33.2 Å². The third-order valence-electron chi connectivity index (χ3n) is 2.71. The second kappa shape index (κ2) is 5.17. The predicted octanol–water partition coefficient (Wildman–Crippen LogP) is 4.20. The highest BCUT2D eigenvalue weighted by atomic mass is 35.5. The van der Waals surface area contributed by atoms with Gasteiger partial charge in [-0.3, -0.25) is 0 Å². The third kappa shape index (κ3) is 2.56. The second-order valence-electron chi connectivity index (χ2n) is 4.02. The first-order valence-corrected chi connectivity index (χ1v) is 6.97. The number of hydrogen-bond acceptors (Lipinski definition) is 4. The molecule has 3 rings (SSSR count). The van der Waals surface area contributed by atoms with Crippen molar-refractivity contribution in [1.29, 1.82) is 0 Å². The van der Waals surface area contributed by atoms with Gasteiger partial charge in [0.15, 0.2) is 0 Å². The minimum Gasteiger partial charge on any atom is -0.431 e. The lowest BCUT2D eigenvalue weighted by Gasteiger charge is -2.02. The number of nitrogens with two attached hydrogens (primary N) is 1. The largest absolute Gasteiger partial charge is 0.431 e. The Balaban J connectivity index is 1.90. The average Bonchev–Trinajstić information content (AvgIpc) is 2.84. The Morgan fingerprint density at radius 3 is 2.63 bits per heavy atom. The molecule has 0 radical (unpaired) electrons. The maximum absolute atomic E-state index is 6.11. The molecule has 0 saturated carbocycles. The number of benzene rings is 2. The van der Waals surface area contributed by atoms with Gasteiger partial charge < -0.3 is 10.5 Å². The minimum atomic E-state index is 0.525. The van der Waals surface area contributed by atoms with Crippen LogP contribution < -0.4 is 10.5 Å². The number of hydrogen-bond donors (Lipinski definition) is 1. The van der Waals surface area contributed by atoms with Gasteiger partial charge in [0.2, 0.25) is 0 Å². The van der Waals surface area contributed by atoms with Gasteiger partial charge in [0.25, 0.3) is 5.19 Å². The molecule has 0 atom stereocenters. The molecular formula is C14H11ClN2OS. The van der Waals surface area contributed by atoms with E-state index >= 15 is 0 Å². The third-order valence-corrected chi connectivity index (χ3v) is 4.12. The Morgan fingerprint density at radius 2 is 1.95 bits per heavy atom. The summed E-state index contributed by atoms with van der Waals surface area (Å²) in [7, 11) is 0. The smallest absolute Gasteiger partial charge is 0.279 e. The van der Waals surface area contributed by atoms with Crippen LogP contribution in [0.25, 0.3) is 10.2 Å². The van der Waals surface area contributed by atoms with E-state index in [0.29, 0.717) is 16.8 Å². The molecule has 0 aliphatic heterocycles. The van der Waals surface area contributed by atoms with Crippen LogP contribution in [0.1, 0.15) is 5.56 Å². The summed E-state index contributed by atoms with van der Waals surface area (Å²) >= 11 is 7.55. The maximum atomic E-state index is 6.11. The molecule has 96 valence electrons. The average molecular weight is 291 g/mol. The summed E-state index contributed by atoms with van der Waals surface area (Å²) < 4.78 is 6.67. The van der Waals surface area contributed by atoms with E-state index in [1.165, 1.54) is 11.3 Å². The van der Waals surface area contributed by atoms with Crippen LogP contribution in [0, 0.1) is 0 Å². The SMILES string of the molecule is NCc1ccc(Oc2nc3cccc(Cl)c3s2)cc1. The molecule has 2 N–H and O–H groups in total. The molecule has 0 spiro atoms. The van der Waals surface area contributed by atoms with Gasteiger partial charge in [0.05, 0.1) is 15.2 Å². The van der Waals surface area contributed by atoms with Crippen LogP contribution in [0.2, 0.25) is 5.02 Å². The van der Waals surface area contributed by atoms with E-state index in [1.54, 1.807) is 0 Å². The van der Waals surface area contributed by atoms with Crippen LogP contribution in [0.4, 0.5) is 0 Å². The maximum Gasteiger partial charge on any atom is 0.279 e. The molecule has 0 aliphatic rings.